The van der Waals surface area contributed by atoms with E-state index in [-0.39, 0.29) is 93.5 Å². The summed E-state index contributed by atoms with van der Waals surface area (Å²) in [7, 11) is -30.9. The Hall–Kier alpha value is -6.82. The third kappa shape index (κ3) is 50.7. The maximum Gasteiger partial charge on any atom is 0.303 e. The Morgan fingerprint density at radius 1 is 0.363 bits per heavy atom. The molecule has 23 N–H and O–H groups in total. The molecule has 0 aliphatic carbocycles. The summed E-state index contributed by atoms with van der Waals surface area (Å²) in [5.74, 6) is -14.0. The second-order valence-electron chi connectivity index (χ2n) is 32.4. The molecule has 0 aliphatic rings. The number of ketones is 1. The Labute approximate surface area is 732 Å². The van der Waals surface area contributed by atoms with Crippen LogP contribution in [0.2, 0.25) is 0 Å². The average Bonchev–Trinajstić information content (AvgIpc) is 0.830. The van der Waals surface area contributed by atoms with E-state index in [9.17, 15) is 112 Å². The van der Waals surface area contributed by atoms with E-state index in [1.165, 1.54) is 13.8 Å². The Morgan fingerprint density at radius 2 is 0.653 bits per heavy atom. The van der Waals surface area contributed by atoms with Crippen molar-refractivity contribution in [1.29, 1.82) is 0 Å². The monoisotopic (exact) mass is 1920 g/mol. The first-order valence-electron chi connectivity index (χ1n) is 40.3. The van der Waals surface area contributed by atoms with Crippen molar-refractivity contribution in [3.05, 3.63) is 0 Å². The van der Waals surface area contributed by atoms with Crippen molar-refractivity contribution in [2.75, 3.05) is 166 Å². The molecule has 124 heavy (non-hydrogen) atoms. The summed E-state index contributed by atoms with van der Waals surface area (Å²) in [6, 6.07) is -8.62. The van der Waals surface area contributed by atoms with Gasteiger partial charge in [0.15, 0.2) is 11.9 Å². The van der Waals surface area contributed by atoms with Crippen LogP contribution in [0.5, 0.6) is 0 Å². The number of nitrogens with one attached hydrogen (secondary N) is 7. The van der Waals surface area contributed by atoms with Gasteiger partial charge in [0.25, 0.3) is 0 Å². The molecule has 0 aromatic heterocycles. The van der Waals surface area contributed by atoms with Crippen molar-refractivity contribution in [3.8, 4) is 0 Å². The minimum Gasteiger partial charge on any atom is -0.481 e. The molecule has 8 atom stereocenters. The number of carbonyl (C=O) groups is 9. The number of aliphatic hydroxyl groups is 1. The number of aliphatic imine (C=N–C) groups is 2. The lowest BCUT2D eigenvalue weighted by Gasteiger charge is -2.32. The molecule has 0 aromatic carbocycles. The highest BCUT2D eigenvalue weighted by atomic mass is 32.2. The predicted octanol–water partition coefficient (Wildman–Crippen LogP) is -8.68. The van der Waals surface area contributed by atoms with Crippen LogP contribution in [0.25, 0.3) is 0 Å². The summed E-state index contributed by atoms with van der Waals surface area (Å²) < 4.78 is 198. The molecule has 724 valence electrons. The van der Waals surface area contributed by atoms with Gasteiger partial charge < -0.3 is 87.6 Å². The lowest BCUT2D eigenvalue weighted by atomic mass is 10.0. The minimum absolute atomic E-state index is 0.00707. The van der Waals surface area contributed by atoms with Gasteiger partial charge in [-0.3, -0.25) is 53.1 Å². The van der Waals surface area contributed by atoms with Crippen molar-refractivity contribution < 1.29 is 112 Å². The number of carboxylic acids is 1. The third-order valence-electron chi connectivity index (χ3n) is 17.9. The van der Waals surface area contributed by atoms with Gasteiger partial charge >= 0.3 is 5.97 Å². The number of sulfonamides is 7. The summed E-state index contributed by atoms with van der Waals surface area (Å²) in [6.07, 6.45) is -0.863. The van der Waals surface area contributed by atoms with E-state index in [1.807, 2.05) is 0 Å². The van der Waals surface area contributed by atoms with Gasteiger partial charge in [-0.05, 0) is 89.4 Å². The summed E-state index contributed by atoms with van der Waals surface area (Å²) in [5, 5.41) is 38.5. The summed E-state index contributed by atoms with van der Waals surface area (Å²) in [4.78, 5) is 128. The Morgan fingerprint density at radius 3 is 0.952 bits per heavy atom. The summed E-state index contributed by atoms with van der Waals surface area (Å²) >= 11 is 0. The molecule has 0 spiro atoms. The van der Waals surface area contributed by atoms with Gasteiger partial charge in [-0.1, -0.05) is 55.4 Å². The first kappa shape index (κ1) is 117. The van der Waals surface area contributed by atoms with Crippen LogP contribution >= 0.6 is 0 Å². The standard InChI is InChI=1S/C69H141N23O25S7/c1-47(2)29-58(83-63(98)40-87(119(14,106)107)33-55(17-15-24-77-68(73)74)81-62(97)39-86(118(13,104)105)31-51(9)79-61(96)41-89(120(108,109)26-21-70)35-57(80-54(12)95)19-20-67(102)103)37-91(122(112,113)28-23-72)44-66(101)85-60(53(11)94)38-92(124(116,117)46-50(7)8)43-65(100)84-59(30-48(3)4)36-90(121(110,111)27-22-71)42-64(99)82-56(18-16-25-78-69(75)76)34-88(32-52(10)93)123(114,115)45-49(5)6/h47-51,53,55-60,94H,15-46,70-72H2,1-14H3,(H,79,96)(H,80,95)(H,81,97)(H,82,99)(H,83,98)(H,84,100)(H,85,101)(H,102,103)(H4,73,74,77)(H4,75,76,78)/t51-,53?,55-,56-,57-,58-,59-,60+/m0/s1. The van der Waals surface area contributed by atoms with Crippen LogP contribution < -0.4 is 77.4 Å². The van der Waals surface area contributed by atoms with Crippen LogP contribution in [0.4, 0.5) is 0 Å². The second kappa shape index (κ2) is 55.8. The molecule has 0 radical (unpaired) electrons. The zero-order valence-electron chi connectivity index (χ0n) is 73.8. The molecule has 48 nitrogen and oxygen atoms in total. The fraction of sp³-hybridized carbons (Fsp3) is 0.841. The summed E-state index contributed by atoms with van der Waals surface area (Å²) in [5.41, 5.74) is 39.1. The molecule has 0 fully saturated rings. The molecule has 7 amide bonds. The quantitative estimate of drug-likeness (QED) is 0.0153. The van der Waals surface area contributed by atoms with Crippen molar-refractivity contribution in [2.45, 2.75) is 183 Å². The number of carboxylic acid groups (broad SMARTS) is 1. The van der Waals surface area contributed by atoms with E-state index >= 15 is 0 Å². The first-order valence-corrected chi connectivity index (χ1v) is 52.1. The minimum atomic E-state index is -4.60. The highest BCUT2D eigenvalue weighted by Gasteiger charge is 2.38. The zero-order valence-corrected chi connectivity index (χ0v) is 79.5. The molecule has 0 saturated carbocycles. The number of hydrogen-bond acceptors (Lipinski definition) is 29. The number of rotatable bonds is 68. The van der Waals surface area contributed by atoms with Crippen molar-refractivity contribution in [2.24, 2.45) is 73.8 Å². The van der Waals surface area contributed by atoms with Crippen LogP contribution in [0.3, 0.4) is 0 Å². The summed E-state index contributed by atoms with van der Waals surface area (Å²) in [6.45, 7) is 5.65. The molecule has 0 rings (SSSR count). The molecule has 0 bridgehead atoms. The van der Waals surface area contributed by atoms with Crippen LogP contribution in [-0.4, -0.2) is 378 Å². The number of hydrogen-bond donors (Lipinski definition) is 16. The van der Waals surface area contributed by atoms with E-state index in [0.717, 1.165) is 35.0 Å². The molecular weight excluding hydrogens is 1780 g/mol. The van der Waals surface area contributed by atoms with Crippen molar-refractivity contribution in [3.63, 3.8) is 0 Å². The van der Waals surface area contributed by atoms with E-state index in [4.69, 9.17) is 40.1 Å². The van der Waals surface area contributed by atoms with E-state index in [0.29, 0.717) is 21.5 Å². The molecule has 0 heterocycles. The van der Waals surface area contributed by atoms with Gasteiger partial charge in [-0.15, -0.1) is 0 Å². The van der Waals surface area contributed by atoms with E-state index in [2.05, 4.69) is 47.2 Å². The molecule has 0 saturated heterocycles. The number of guanidine groups is 2. The third-order valence-corrected chi connectivity index (χ3v) is 30.1. The SMILES string of the molecule is CC(=O)CN(C[C@H](CCCN=C(N)N)NC(=O)CN(C[C@H](CC(C)C)NC(=O)CN(C[C@@H](NC(=O)CN(C[C@H](CC(C)C)NC(=O)CN(C[C@H](CCCN=C(N)N)NC(=O)CN(C[C@H](C)NC(=O)CN(C[C@H](CCC(=O)O)NC(C)=O)S(=O)(=O)CCN)S(C)(=O)=O)S(C)(=O)=O)S(=O)(=O)CCN)C(C)O)S(=O)(=O)CC(C)C)S(=O)(=O)CCN)S(=O)(=O)CC(C)C. The number of aliphatic carboxylic acids is 1. The van der Waals surface area contributed by atoms with Crippen LogP contribution in [-0.2, 0) is 113 Å². The van der Waals surface area contributed by atoms with Crippen LogP contribution in [0, 0.1) is 23.7 Å². The molecule has 0 aliphatic heterocycles. The lowest BCUT2D eigenvalue weighted by molar-refractivity contribution is -0.137. The normalized spacial score (nSPS) is 14.8. The smallest absolute Gasteiger partial charge is 0.303 e. The van der Waals surface area contributed by atoms with Gasteiger partial charge in [0, 0.05) is 128 Å². The predicted molar refractivity (Wildman–Crippen MR) is 469 cm³/mol. The number of aliphatic hydroxyl groups excluding tert-OH is 1. The van der Waals surface area contributed by atoms with Gasteiger partial charge in [-0.2, -0.15) is 30.1 Å². The van der Waals surface area contributed by atoms with Gasteiger partial charge in [0.05, 0.1) is 99.2 Å². The first-order chi connectivity index (χ1) is 56.9. The van der Waals surface area contributed by atoms with E-state index < -0.39 is 318 Å². The highest BCUT2D eigenvalue weighted by molar-refractivity contribution is 7.90. The largest absolute Gasteiger partial charge is 0.481 e. The van der Waals surface area contributed by atoms with Crippen LogP contribution in [0.1, 0.15) is 134 Å². The molecular formula is C69H141N23O25S7. The zero-order chi connectivity index (χ0) is 95.8. The molecule has 0 aromatic rings. The van der Waals surface area contributed by atoms with Gasteiger partial charge in [0.2, 0.25) is 112 Å². The van der Waals surface area contributed by atoms with Crippen LogP contribution in [0.15, 0.2) is 9.98 Å². The maximum absolute atomic E-state index is 14.4. The fourth-order valence-corrected chi connectivity index (χ4v) is 21.8. The maximum atomic E-state index is 14.4. The van der Waals surface area contributed by atoms with Crippen molar-refractivity contribution >= 4 is 135 Å². The Balaban J connectivity index is 7.41. The number of nitrogens with two attached hydrogens (primary N) is 7. The van der Waals surface area contributed by atoms with Crippen molar-refractivity contribution in [1.82, 2.24) is 67.4 Å². The highest BCUT2D eigenvalue weighted by Crippen LogP contribution is 2.19. The fourth-order valence-electron chi connectivity index (χ4n) is 12.7. The number of amides is 7. The Bertz CT molecular complexity index is 4330. The second-order valence-corrected chi connectivity index (χ2v) is 46.6. The number of carbonyl (C=O) groups excluding carboxylic acids is 8. The van der Waals surface area contributed by atoms with E-state index in [1.54, 1.807) is 55.4 Å². The van der Waals surface area contributed by atoms with Gasteiger partial charge in [0.1, 0.15) is 5.78 Å². The molecule has 1 unspecified atom stereocenters. The number of Topliss-reactive ketones (excluding diaryl/α,β-unsaturated/α-hetero) is 1. The molecule has 55 heteroatoms. The number of nitrogens with zero attached hydrogens (tertiary/aromatic N) is 9. The Kier molecular flexibility index (Phi) is 52.7. The van der Waals surface area contributed by atoms with Gasteiger partial charge in [-0.25, -0.2) is 58.9 Å². The lowest BCUT2D eigenvalue weighted by Crippen LogP contribution is -2.57. The average molecular weight is 1920 g/mol. The topological polar surface area (TPSA) is 747 Å².